The van der Waals surface area contributed by atoms with E-state index in [0.29, 0.717) is 11.6 Å². The molecule has 1 aliphatic heterocycles. The van der Waals surface area contributed by atoms with Gasteiger partial charge in [-0.15, -0.1) is 0 Å². The van der Waals surface area contributed by atoms with Gasteiger partial charge in [-0.3, -0.25) is 4.99 Å². The van der Waals surface area contributed by atoms with Gasteiger partial charge in [0.15, 0.2) is 17.5 Å². The van der Waals surface area contributed by atoms with Gasteiger partial charge < -0.3 is 0 Å². The highest BCUT2D eigenvalue weighted by Crippen LogP contribution is 2.51. The van der Waals surface area contributed by atoms with E-state index in [-0.39, 0.29) is 17.3 Å². The zero-order valence-corrected chi connectivity index (χ0v) is 28.5. The van der Waals surface area contributed by atoms with Crippen LogP contribution in [0.2, 0.25) is 0 Å². The van der Waals surface area contributed by atoms with Crippen LogP contribution < -0.4 is 10.6 Å². The van der Waals surface area contributed by atoms with Gasteiger partial charge in [-0.2, -0.15) is 0 Å². The second-order valence-corrected chi connectivity index (χ2v) is 14.3. The molecule has 0 saturated heterocycles. The normalized spacial score (nSPS) is 20.5. The predicted octanol–water partition coefficient (Wildman–Crippen LogP) is 9.49. The summed E-state index contributed by atoms with van der Waals surface area (Å²) in [5.41, 5.74) is 6.89. The topological polar surface area (TPSA) is 51.0 Å². The number of para-hydroxylation sites is 1. The van der Waals surface area contributed by atoms with Crippen LogP contribution in [-0.2, 0) is 5.41 Å². The second kappa shape index (κ2) is 11.8. The van der Waals surface area contributed by atoms with Crippen LogP contribution in [0, 0.1) is 5.92 Å². The summed E-state index contributed by atoms with van der Waals surface area (Å²) in [6, 6.07) is 45.4. The van der Waals surface area contributed by atoms with Crippen LogP contribution in [0.1, 0.15) is 48.2 Å². The zero-order chi connectivity index (χ0) is 33.9. The van der Waals surface area contributed by atoms with Gasteiger partial charge in [0.05, 0.1) is 11.9 Å². The molecule has 0 spiro atoms. The third-order valence-electron chi connectivity index (χ3n) is 11.3. The van der Waals surface area contributed by atoms with E-state index in [4.69, 9.17) is 19.9 Å². The minimum absolute atomic E-state index is 0.136. The molecule has 0 amide bonds. The lowest BCUT2D eigenvalue weighted by atomic mass is 9.60. The lowest BCUT2D eigenvalue weighted by Gasteiger charge is -2.43. The van der Waals surface area contributed by atoms with Crippen molar-refractivity contribution in [2.75, 3.05) is 6.54 Å². The molecule has 3 unspecified atom stereocenters. The summed E-state index contributed by atoms with van der Waals surface area (Å²) < 4.78 is 0. The molecule has 2 aliphatic carbocycles. The van der Waals surface area contributed by atoms with Crippen molar-refractivity contribution >= 4 is 39.3 Å². The maximum absolute atomic E-state index is 5.39. The minimum Gasteiger partial charge on any atom is -0.284 e. The van der Waals surface area contributed by atoms with Crippen molar-refractivity contribution in [2.45, 2.75) is 31.1 Å². The zero-order valence-electron chi connectivity index (χ0n) is 28.5. The van der Waals surface area contributed by atoms with Crippen molar-refractivity contribution < 1.29 is 0 Å². The Balaban J connectivity index is 1.16. The van der Waals surface area contributed by atoms with Gasteiger partial charge in [0.2, 0.25) is 0 Å². The molecule has 244 valence electrons. The van der Waals surface area contributed by atoms with Crippen LogP contribution in [-0.4, -0.2) is 21.5 Å². The summed E-state index contributed by atoms with van der Waals surface area (Å²) in [6.07, 6.45) is 11.5. The standard InChI is InChI=1S/C47H36N4/c1-47-25-11-10-19-42(47)40(28-33-13-3-8-18-41(33)47)46-50-44(31-23-21-30(22-24-31)35-26-34-14-4-9-20-43(34)48-29-35)49-45(51-46)39-27-32-12-2-5-15-36(32)37-16-6-7-17-38(37)39/h2-9,11-18,20-28,35,42H,10,19,29H2,1H3. The quantitative estimate of drug-likeness (QED) is 0.140. The van der Waals surface area contributed by atoms with Crippen LogP contribution in [0.15, 0.2) is 145 Å². The number of hydrogen-bond donors (Lipinski definition) is 0. The summed E-state index contributed by atoms with van der Waals surface area (Å²) in [5, 5.41) is 7.00. The van der Waals surface area contributed by atoms with E-state index in [0.717, 1.165) is 47.1 Å². The van der Waals surface area contributed by atoms with Crippen molar-refractivity contribution in [1.29, 1.82) is 0 Å². The molecule has 2 heterocycles. The number of fused-ring (bicyclic) bond motifs is 7. The molecule has 0 N–H and O–H groups in total. The fourth-order valence-electron chi connectivity index (χ4n) is 8.68. The average molecular weight is 657 g/mol. The molecule has 3 aliphatic rings. The Morgan fingerprint density at radius 2 is 1.39 bits per heavy atom. The molecule has 0 radical (unpaired) electrons. The van der Waals surface area contributed by atoms with Crippen molar-refractivity contribution in [3.63, 3.8) is 0 Å². The van der Waals surface area contributed by atoms with Gasteiger partial charge in [0.1, 0.15) is 0 Å². The van der Waals surface area contributed by atoms with Gasteiger partial charge in [-0.25, -0.2) is 15.0 Å². The van der Waals surface area contributed by atoms with E-state index < -0.39 is 0 Å². The predicted molar refractivity (Wildman–Crippen MR) is 209 cm³/mol. The average Bonchev–Trinajstić information content (AvgIpc) is 3.20. The molecule has 0 saturated carbocycles. The number of hydrogen-bond acceptors (Lipinski definition) is 4. The van der Waals surface area contributed by atoms with Crippen molar-refractivity contribution in [3.8, 4) is 22.8 Å². The molecule has 0 bridgehead atoms. The van der Waals surface area contributed by atoms with E-state index in [1.165, 1.54) is 43.6 Å². The van der Waals surface area contributed by atoms with Crippen molar-refractivity contribution in [2.24, 2.45) is 10.9 Å². The Hall–Kier alpha value is -6.00. The molecule has 4 heteroatoms. The lowest BCUT2D eigenvalue weighted by molar-refractivity contribution is 0.396. The highest BCUT2D eigenvalue weighted by Gasteiger charge is 2.42. The Morgan fingerprint density at radius 1 is 0.667 bits per heavy atom. The summed E-state index contributed by atoms with van der Waals surface area (Å²) in [4.78, 5) is 20.8. The number of benzene rings is 6. The van der Waals surface area contributed by atoms with E-state index >= 15 is 0 Å². The molecule has 7 aromatic rings. The Labute approximate surface area is 297 Å². The molecule has 6 aromatic carbocycles. The highest BCUT2D eigenvalue weighted by molar-refractivity contribution is 6.13. The number of aromatic nitrogens is 3. The number of rotatable bonds is 4. The first-order valence-electron chi connectivity index (χ1n) is 18.0. The fourth-order valence-corrected chi connectivity index (χ4v) is 8.68. The monoisotopic (exact) mass is 656 g/mol. The van der Waals surface area contributed by atoms with Crippen LogP contribution >= 0.6 is 0 Å². The summed E-state index contributed by atoms with van der Waals surface area (Å²) in [5.74, 6) is 2.63. The van der Waals surface area contributed by atoms with Gasteiger partial charge in [0, 0.05) is 34.0 Å². The lowest BCUT2D eigenvalue weighted by Crippen LogP contribution is -2.36. The second-order valence-electron chi connectivity index (χ2n) is 14.3. The molecule has 4 nitrogen and oxygen atoms in total. The largest absolute Gasteiger partial charge is 0.284 e. The van der Waals surface area contributed by atoms with Gasteiger partial charge >= 0.3 is 0 Å². The maximum Gasteiger partial charge on any atom is 0.164 e. The van der Waals surface area contributed by atoms with E-state index in [1.54, 1.807) is 0 Å². The van der Waals surface area contributed by atoms with Gasteiger partial charge in [-0.1, -0.05) is 140 Å². The fraction of sp³-hybridized carbons (Fsp3) is 0.149. The summed E-state index contributed by atoms with van der Waals surface area (Å²) in [7, 11) is 0. The third-order valence-corrected chi connectivity index (χ3v) is 11.3. The maximum atomic E-state index is 5.39. The first kappa shape index (κ1) is 29.9. The molecule has 51 heavy (non-hydrogen) atoms. The smallest absolute Gasteiger partial charge is 0.164 e. The van der Waals surface area contributed by atoms with Crippen molar-refractivity contribution in [3.05, 3.63) is 173 Å². The van der Waals surface area contributed by atoms with Gasteiger partial charge in [-0.05, 0) is 74.5 Å². The molecule has 1 aromatic heterocycles. The molecule has 3 atom stereocenters. The van der Waals surface area contributed by atoms with Crippen LogP contribution in [0.5, 0.6) is 0 Å². The minimum atomic E-state index is -0.136. The molecular formula is C47H36N4. The first-order chi connectivity index (χ1) is 25.1. The number of allylic oxidation sites excluding steroid dienone is 3. The molecular weight excluding hydrogens is 621 g/mol. The highest BCUT2D eigenvalue weighted by atomic mass is 15.0. The van der Waals surface area contributed by atoms with Crippen LogP contribution in [0.3, 0.4) is 0 Å². The summed E-state index contributed by atoms with van der Waals surface area (Å²) >= 11 is 0. The SMILES string of the molecule is CC12C=CCCC1C(c1nc(-c3ccc(C4C=c5ccccc5=NC4)cc3)nc(-c3cc4ccccc4c4ccccc34)n1)=Cc1ccccc12. The number of nitrogens with zero attached hydrogens (tertiary/aromatic N) is 4. The Bertz CT molecular complexity index is 2710. The first-order valence-corrected chi connectivity index (χ1v) is 18.0. The van der Waals surface area contributed by atoms with Crippen LogP contribution in [0.4, 0.5) is 0 Å². The van der Waals surface area contributed by atoms with E-state index in [1.807, 2.05) is 0 Å². The van der Waals surface area contributed by atoms with Crippen molar-refractivity contribution in [1.82, 2.24) is 15.0 Å². The molecule has 10 rings (SSSR count). The third kappa shape index (κ3) is 4.97. The summed E-state index contributed by atoms with van der Waals surface area (Å²) in [6.45, 7) is 3.13. The van der Waals surface area contributed by atoms with Crippen LogP contribution in [0.25, 0.3) is 62.0 Å². The molecule has 0 fully saturated rings. The van der Waals surface area contributed by atoms with E-state index in [2.05, 4.69) is 159 Å². The Morgan fingerprint density at radius 3 is 2.29 bits per heavy atom. The Kier molecular flexibility index (Phi) is 6.92. The van der Waals surface area contributed by atoms with E-state index in [9.17, 15) is 0 Å². The van der Waals surface area contributed by atoms with Gasteiger partial charge in [0.25, 0.3) is 0 Å².